The molecule has 0 aromatic heterocycles. The number of hydrogen-bond donors (Lipinski definition) is 0. The van der Waals surface area contributed by atoms with Crippen molar-refractivity contribution in [2.45, 2.75) is 25.7 Å². The van der Waals surface area contributed by atoms with Crippen molar-refractivity contribution in [2.24, 2.45) is 5.92 Å². The second-order valence-corrected chi connectivity index (χ2v) is 5.07. The first-order chi connectivity index (χ1) is 6.59. The van der Waals surface area contributed by atoms with E-state index in [1.165, 1.54) is 11.1 Å². The highest BCUT2D eigenvalue weighted by Gasteiger charge is 2.24. The predicted molar refractivity (Wildman–Crippen MR) is 60.1 cm³/mol. The number of Topliss-reactive ketones (excluding diaryl/α,β-unsaturated/α-hetero) is 1. The van der Waals surface area contributed by atoms with Crippen molar-refractivity contribution in [1.29, 1.82) is 0 Å². The van der Waals surface area contributed by atoms with Crippen LogP contribution in [0.5, 0.6) is 0 Å². The van der Waals surface area contributed by atoms with E-state index in [1.54, 1.807) is 11.8 Å². The van der Waals surface area contributed by atoms with E-state index in [9.17, 15) is 4.79 Å². The minimum absolute atomic E-state index is 0.176. The number of benzene rings is 1. The molecule has 2 rings (SSSR count). The first kappa shape index (κ1) is 9.78. The molecule has 1 aromatic rings. The Bertz CT molecular complexity index is 396. The van der Waals surface area contributed by atoms with Crippen molar-refractivity contribution in [3.63, 3.8) is 0 Å². The fraction of sp³-hybridized carbons (Fsp3) is 0.417. The molecule has 1 aromatic carbocycles. The molecule has 1 aliphatic heterocycles. The maximum Gasteiger partial charge on any atom is 0.167 e. The second-order valence-electron chi connectivity index (χ2n) is 4.01. The van der Waals surface area contributed by atoms with Gasteiger partial charge in [-0.2, -0.15) is 0 Å². The summed E-state index contributed by atoms with van der Waals surface area (Å²) in [5, 5.41) is 0. The van der Waals surface area contributed by atoms with Crippen LogP contribution in [0, 0.1) is 19.8 Å². The number of carbonyl (C=O) groups excluding carboxylic acids is 1. The maximum absolute atomic E-state index is 11.9. The summed E-state index contributed by atoms with van der Waals surface area (Å²) in [7, 11) is 0. The third-order valence-electron chi connectivity index (χ3n) is 2.80. The molecule has 0 saturated heterocycles. The molecule has 0 spiro atoms. The Balaban J connectivity index is 2.56. The lowest BCUT2D eigenvalue weighted by Gasteiger charge is -2.20. The van der Waals surface area contributed by atoms with Crippen LogP contribution >= 0.6 is 11.8 Å². The molecule has 0 N–H and O–H groups in total. The third-order valence-corrected chi connectivity index (χ3v) is 4.11. The van der Waals surface area contributed by atoms with Gasteiger partial charge in [0, 0.05) is 22.1 Å². The molecule has 0 bridgehead atoms. The Morgan fingerprint density at radius 3 is 2.64 bits per heavy atom. The fourth-order valence-corrected chi connectivity index (χ4v) is 2.81. The van der Waals surface area contributed by atoms with E-state index in [2.05, 4.69) is 19.9 Å². The number of aryl methyl sites for hydroxylation is 2. The number of thioether (sulfide) groups is 1. The average molecular weight is 206 g/mol. The lowest BCUT2D eigenvalue weighted by molar-refractivity contribution is 0.0936. The van der Waals surface area contributed by atoms with E-state index in [0.29, 0.717) is 5.78 Å². The molecule has 1 heterocycles. The number of fused-ring (bicyclic) bond motifs is 1. The van der Waals surface area contributed by atoms with Crippen LogP contribution in [0.2, 0.25) is 0 Å². The van der Waals surface area contributed by atoms with Gasteiger partial charge in [-0.3, -0.25) is 4.79 Å². The van der Waals surface area contributed by atoms with Gasteiger partial charge in [0.15, 0.2) is 5.78 Å². The zero-order chi connectivity index (χ0) is 10.3. The molecule has 74 valence electrons. The van der Waals surface area contributed by atoms with Gasteiger partial charge in [0.2, 0.25) is 0 Å². The van der Waals surface area contributed by atoms with Crippen LogP contribution in [0.4, 0.5) is 0 Å². The van der Waals surface area contributed by atoms with Gasteiger partial charge in [-0.1, -0.05) is 6.92 Å². The molecule has 1 aliphatic rings. The standard InChI is InChI=1S/C12H14OS/c1-7-4-10-11(5-8(7)2)14-6-9(3)12(10)13/h4-5,9H,6H2,1-3H3. The molecule has 0 saturated carbocycles. The Kier molecular flexibility index (Phi) is 2.40. The Hall–Kier alpha value is -0.760. The summed E-state index contributed by atoms with van der Waals surface area (Å²) in [6.45, 7) is 6.17. The summed E-state index contributed by atoms with van der Waals surface area (Å²) in [6, 6.07) is 4.18. The van der Waals surface area contributed by atoms with E-state index in [1.807, 2.05) is 13.0 Å². The summed E-state index contributed by atoms with van der Waals surface area (Å²) < 4.78 is 0. The highest BCUT2D eigenvalue weighted by Crippen LogP contribution is 2.34. The van der Waals surface area contributed by atoms with Gasteiger partial charge in [-0.05, 0) is 37.1 Å². The third kappa shape index (κ3) is 1.48. The highest BCUT2D eigenvalue weighted by molar-refractivity contribution is 7.99. The van der Waals surface area contributed by atoms with Crippen molar-refractivity contribution < 1.29 is 4.79 Å². The van der Waals surface area contributed by atoms with Gasteiger partial charge < -0.3 is 0 Å². The van der Waals surface area contributed by atoms with Crippen LogP contribution in [0.15, 0.2) is 17.0 Å². The van der Waals surface area contributed by atoms with E-state index < -0.39 is 0 Å². The summed E-state index contributed by atoms with van der Waals surface area (Å²) in [5.74, 6) is 1.41. The first-order valence-electron chi connectivity index (χ1n) is 4.88. The van der Waals surface area contributed by atoms with Gasteiger partial charge in [-0.25, -0.2) is 0 Å². The summed E-state index contributed by atoms with van der Waals surface area (Å²) in [4.78, 5) is 13.0. The van der Waals surface area contributed by atoms with Crippen LogP contribution in [-0.2, 0) is 0 Å². The smallest absolute Gasteiger partial charge is 0.167 e. The van der Waals surface area contributed by atoms with Crippen molar-refractivity contribution >= 4 is 17.5 Å². The molecule has 2 heteroatoms. The monoisotopic (exact) mass is 206 g/mol. The predicted octanol–water partition coefficient (Wildman–Crippen LogP) is 3.23. The van der Waals surface area contributed by atoms with E-state index in [-0.39, 0.29) is 5.92 Å². The van der Waals surface area contributed by atoms with E-state index in [0.717, 1.165) is 16.2 Å². The zero-order valence-electron chi connectivity index (χ0n) is 8.76. The number of carbonyl (C=O) groups is 1. The van der Waals surface area contributed by atoms with Crippen LogP contribution < -0.4 is 0 Å². The van der Waals surface area contributed by atoms with Crippen LogP contribution in [0.25, 0.3) is 0 Å². The Labute approximate surface area is 88.9 Å². The topological polar surface area (TPSA) is 17.1 Å². The minimum atomic E-state index is 0.176. The SMILES string of the molecule is Cc1cc2c(cc1C)C(=O)C(C)CS2. The fourth-order valence-electron chi connectivity index (χ4n) is 1.66. The van der Waals surface area contributed by atoms with Crippen LogP contribution in [-0.4, -0.2) is 11.5 Å². The van der Waals surface area contributed by atoms with Gasteiger partial charge in [0.05, 0.1) is 0 Å². The van der Waals surface area contributed by atoms with Crippen LogP contribution in [0.1, 0.15) is 28.4 Å². The van der Waals surface area contributed by atoms with E-state index in [4.69, 9.17) is 0 Å². The molecular weight excluding hydrogens is 192 g/mol. The Morgan fingerprint density at radius 1 is 1.29 bits per heavy atom. The average Bonchev–Trinajstić information content (AvgIpc) is 2.15. The quantitative estimate of drug-likeness (QED) is 0.648. The molecule has 0 radical (unpaired) electrons. The molecule has 0 fully saturated rings. The molecule has 1 atom stereocenters. The number of hydrogen-bond acceptors (Lipinski definition) is 2. The van der Waals surface area contributed by atoms with Gasteiger partial charge in [0.25, 0.3) is 0 Å². The lowest BCUT2D eigenvalue weighted by Crippen LogP contribution is -2.19. The summed E-state index contributed by atoms with van der Waals surface area (Å²) in [6.07, 6.45) is 0. The number of rotatable bonds is 0. The summed E-state index contributed by atoms with van der Waals surface area (Å²) in [5.41, 5.74) is 3.42. The van der Waals surface area contributed by atoms with Gasteiger partial charge >= 0.3 is 0 Å². The molecule has 14 heavy (non-hydrogen) atoms. The minimum Gasteiger partial charge on any atom is -0.294 e. The molecular formula is C12H14OS. The number of ketones is 1. The normalized spacial score (nSPS) is 20.8. The summed E-state index contributed by atoms with van der Waals surface area (Å²) >= 11 is 1.80. The van der Waals surface area contributed by atoms with Crippen LogP contribution in [0.3, 0.4) is 0 Å². The largest absolute Gasteiger partial charge is 0.294 e. The molecule has 0 aliphatic carbocycles. The van der Waals surface area contributed by atoms with Crippen molar-refractivity contribution in [2.75, 3.05) is 5.75 Å². The molecule has 0 amide bonds. The van der Waals surface area contributed by atoms with Crippen molar-refractivity contribution in [1.82, 2.24) is 0 Å². The van der Waals surface area contributed by atoms with E-state index >= 15 is 0 Å². The van der Waals surface area contributed by atoms with Crippen molar-refractivity contribution in [3.05, 3.63) is 28.8 Å². The van der Waals surface area contributed by atoms with Gasteiger partial charge in [0.1, 0.15) is 0 Å². The van der Waals surface area contributed by atoms with Crippen molar-refractivity contribution in [3.8, 4) is 0 Å². The maximum atomic E-state index is 11.9. The zero-order valence-corrected chi connectivity index (χ0v) is 9.57. The first-order valence-corrected chi connectivity index (χ1v) is 5.86. The lowest BCUT2D eigenvalue weighted by atomic mass is 9.97. The second kappa shape index (κ2) is 3.43. The van der Waals surface area contributed by atoms with Gasteiger partial charge in [-0.15, -0.1) is 11.8 Å². The highest BCUT2D eigenvalue weighted by atomic mass is 32.2. The Morgan fingerprint density at radius 2 is 1.93 bits per heavy atom. The molecule has 1 unspecified atom stereocenters. The molecule has 1 nitrogen and oxygen atoms in total.